The zero-order valence-corrected chi connectivity index (χ0v) is 8.61. The Morgan fingerprint density at radius 1 is 1.21 bits per heavy atom. The number of carbonyl (C=O) groups excluding carboxylic acids is 1. The molecule has 1 aliphatic carbocycles. The molecule has 0 unspecified atom stereocenters. The maximum atomic E-state index is 11.7. The van der Waals surface area contributed by atoms with Crippen LogP contribution in [0.4, 0.5) is 0 Å². The van der Waals surface area contributed by atoms with Crippen molar-refractivity contribution in [1.82, 2.24) is 4.90 Å². The Morgan fingerprint density at radius 2 is 1.86 bits per heavy atom. The molecule has 1 saturated carbocycles. The number of rotatable bonds is 2. The Balaban J connectivity index is 1.71. The van der Waals surface area contributed by atoms with Gasteiger partial charge in [0, 0.05) is 19.5 Å². The summed E-state index contributed by atoms with van der Waals surface area (Å²) in [5.74, 6) is 0.871. The van der Waals surface area contributed by atoms with Crippen LogP contribution in [0.5, 0.6) is 0 Å². The van der Waals surface area contributed by atoms with Gasteiger partial charge in [0.05, 0.1) is 6.10 Å². The van der Waals surface area contributed by atoms with Crippen molar-refractivity contribution >= 4 is 5.91 Å². The second-order valence-corrected chi connectivity index (χ2v) is 4.66. The number of aliphatic hydroxyl groups excluding tert-OH is 1. The van der Waals surface area contributed by atoms with Gasteiger partial charge in [-0.15, -0.1) is 0 Å². The largest absolute Gasteiger partial charge is 0.389 e. The Bertz CT molecular complexity index is 205. The minimum atomic E-state index is -0.259. The van der Waals surface area contributed by atoms with Gasteiger partial charge in [0.25, 0.3) is 0 Å². The molecule has 1 heterocycles. The van der Waals surface area contributed by atoms with E-state index < -0.39 is 0 Å². The van der Waals surface area contributed by atoms with Crippen LogP contribution < -0.4 is 0 Å². The first-order valence-electron chi connectivity index (χ1n) is 5.71. The number of carbonyl (C=O) groups is 1. The summed E-state index contributed by atoms with van der Waals surface area (Å²) in [5.41, 5.74) is 0. The van der Waals surface area contributed by atoms with Crippen LogP contribution >= 0.6 is 0 Å². The van der Waals surface area contributed by atoms with E-state index in [1.165, 1.54) is 32.1 Å². The smallest absolute Gasteiger partial charge is 0.223 e. The molecule has 0 spiro atoms. The average molecular weight is 197 g/mol. The maximum Gasteiger partial charge on any atom is 0.223 e. The normalized spacial score (nSPS) is 24.8. The Kier molecular flexibility index (Phi) is 3.06. The highest BCUT2D eigenvalue weighted by Gasteiger charge is 2.30. The van der Waals surface area contributed by atoms with Crippen molar-refractivity contribution in [2.24, 2.45) is 5.92 Å². The van der Waals surface area contributed by atoms with Crippen LogP contribution in [0.25, 0.3) is 0 Å². The second kappa shape index (κ2) is 4.30. The lowest BCUT2D eigenvalue weighted by Crippen LogP contribution is -2.53. The summed E-state index contributed by atoms with van der Waals surface area (Å²) in [6.07, 6.45) is 6.83. The van der Waals surface area contributed by atoms with E-state index in [1.54, 1.807) is 4.90 Å². The highest BCUT2D eigenvalue weighted by atomic mass is 16.3. The van der Waals surface area contributed by atoms with E-state index in [0.29, 0.717) is 25.4 Å². The molecule has 80 valence electrons. The van der Waals surface area contributed by atoms with Gasteiger partial charge in [-0.05, 0) is 18.8 Å². The fraction of sp³-hybridized carbons (Fsp3) is 0.909. The number of nitrogens with zero attached hydrogens (tertiary/aromatic N) is 1. The van der Waals surface area contributed by atoms with Gasteiger partial charge in [-0.25, -0.2) is 0 Å². The van der Waals surface area contributed by atoms with Crippen LogP contribution in [0.1, 0.15) is 38.5 Å². The lowest BCUT2D eigenvalue weighted by molar-refractivity contribution is -0.142. The summed E-state index contributed by atoms with van der Waals surface area (Å²) in [6.45, 7) is 1.12. The van der Waals surface area contributed by atoms with Gasteiger partial charge >= 0.3 is 0 Å². The summed E-state index contributed by atoms with van der Waals surface area (Å²) < 4.78 is 0. The van der Waals surface area contributed by atoms with Gasteiger partial charge in [0.1, 0.15) is 0 Å². The molecule has 1 N–H and O–H groups in total. The summed E-state index contributed by atoms with van der Waals surface area (Å²) in [7, 11) is 0. The van der Waals surface area contributed by atoms with Crippen molar-refractivity contribution in [3.63, 3.8) is 0 Å². The number of hydrogen-bond donors (Lipinski definition) is 1. The topological polar surface area (TPSA) is 40.5 Å². The Labute approximate surface area is 85.1 Å². The Morgan fingerprint density at radius 3 is 2.43 bits per heavy atom. The molecule has 2 rings (SSSR count). The molecule has 0 aromatic rings. The summed E-state index contributed by atoms with van der Waals surface area (Å²) in [6, 6.07) is 0. The van der Waals surface area contributed by atoms with Crippen LogP contribution in [0.3, 0.4) is 0 Å². The van der Waals surface area contributed by atoms with Gasteiger partial charge < -0.3 is 10.0 Å². The molecule has 14 heavy (non-hydrogen) atoms. The van der Waals surface area contributed by atoms with E-state index >= 15 is 0 Å². The zero-order valence-electron chi connectivity index (χ0n) is 8.61. The van der Waals surface area contributed by atoms with E-state index in [2.05, 4.69) is 0 Å². The van der Waals surface area contributed by atoms with Crippen LogP contribution in [-0.2, 0) is 4.79 Å². The molecule has 3 heteroatoms. The average Bonchev–Trinajstić information content (AvgIpc) is 2.14. The fourth-order valence-corrected chi connectivity index (χ4v) is 2.43. The molecule has 1 saturated heterocycles. The molecule has 2 fully saturated rings. The van der Waals surface area contributed by atoms with Gasteiger partial charge in [-0.1, -0.05) is 19.3 Å². The Hall–Kier alpha value is -0.570. The number of hydrogen-bond acceptors (Lipinski definition) is 2. The van der Waals surface area contributed by atoms with Gasteiger partial charge in [0.2, 0.25) is 5.91 Å². The second-order valence-electron chi connectivity index (χ2n) is 4.66. The first-order chi connectivity index (χ1) is 6.75. The number of aliphatic hydroxyl groups is 1. The monoisotopic (exact) mass is 197 g/mol. The van der Waals surface area contributed by atoms with Gasteiger partial charge in [-0.3, -0.25) is 4.79 Å². The van der Waals surface area contributed by atoms with Gasteiger partial charge in [0.15, 0.2) is 0 Å². The SMILES string of the molecule is O=C(CC1CCCCC1)N1CC(O)C1. The van der Waals surface area contributed by atoms with E-state index in [9.17, 15) is 4.79 Å². The third-order valence-electron chi connectivity index (χ3n) is 3.40. The van der Waals surface area contributed by atoms with E-state index in [0.717, 1.165) is 0 Å². The van der Waals surface area contributed by atoms with Crippen molar-refractivity contribution < 1.29 is 9.90 Å². The van der Waals surface area contributed by atoms with Crippen molar-refractivity contribution in [1.29, 1.82) is 0 Å². The minimum absolute atomic E-state index is 0.252. The first-order valence-corrected chi connectivity index (χ1v) is 5.71. The summed E-state index contributed by atoms with van der Waals surface area (Å²) in [5, 5.41) is 9.08. The lowest BCUT2D eigenvalue weighted by atomic mass is 9.86. The standard InChI is InChI=1S/C11H19NO2/c13-10-7-12(8-10)11(14)6-9-4-2-1-3-5-9/h9-10,13H,1-8H2. The molecule has 0 aromatic carbocycles. The van der Waals surface area contributed by atoms with Crippen molar-refractivity contribution in [2.45, 2.75) is 44.6 Å². The highest BCUT2D eigenvalue weighted by Crippen LogP contribution is 2.27. The number of likely N-dealkylation sites (tertiary alicyclic amines) is 1. The highest BCUT2D eigenvalue weighted by molar-refractivity contribution is 5.77. The number of β-amino-alcohol motifs (C(OH)–C–C–N with tert-alkyl or cyclic N) is 1. The van der Waals surface area contributed by atoms with Crippen molar-refractivity contribution in [3.05, 3.63) is 0 Å². The molecule has 2 aliphatic rings. The van der Waals surface area contributed by atoms with Crippen LogP contribution in [0.2, 0.25) is 0 Å². The molecule has 0 radical (unpaired) electrons. The fourth-order valence-electron chi connectivity index (χ4n) is 2.43. The third kappa shape index (κ3) is 2.27. The molecule has 0 atom stereocenters. The quantitative estimate of drug-likeness (QED) is 0.721. The predicted octanol–water partition coefficient (Wildman–Crippen LogP) is 1.16. The van der Waals surface area contributed by atoms with Crippen molar-refractivity contribution in [3.8, 4) is 0 Å². The minimum Gasteiger partial charge on any atom is -0.389 e. The first kappa shape index (κ1) is 9.97. The predicted molar refractivity (Wildman–Crippen MR) is 53.8 cm³/mol. The van der Waals surface area contributed by atoms with Crippen LogP contribution in [0, 0.1) is 5.92 Å². The summed E-state index contributed by atoms with van der Waals surface area (Å²) >= 11 is 0. The molecule has 0 bridgehead atoms. The molecule has 1 aliphatic heterocycles. The molecule has 0 aromatic heterocycles. The molecule has 3 nitrogen and oxygen atoms in total. The van der Waals surface area contributed by atoms with Crippen molar-refractivity contribution in [2.75, 3.05) is 13.1 Å². The van der Waals surface area contributed by atoms with Crippen LogP contribution in [-0.4, -0.2) is 35.1 Å². The summed E-state index contributed by atoms with van der Waals surface area (Å²) in [4.78, 5) is 13.4. The van der Waals surface area contributed by atoms with Gasteiger partial charge in [-0.2, -0.15) is 0 Å². The molecular weight excluding hydrogens is 178 g/mol. The van der Waals surface area contributed by atoms with E-state index in [-0.39, 0.29) is 12.0 Å². The number of amides is 1. The molecular formula is C11H19NO2. The van der Waals surface area contributed by atoms with Crippen LogP contribution in [0.15, 0.2) is 0 Å². The molecule has 1 amide bonds. The maximum absolute atomic E-state index is 11.7. The van der Waals surface area contributed by atoms with E-state index in [1.807, 2.05) is 0 Å². The third-order valence-corrected chi connectivity index (χ3v) is 3.40. The van der Waals surface area contributed by atoms with E-state index in [4.69, 9.17) is 5.11 Å². The zero-order chi connectivity index (χ0) is 9.97. The lowest BCUT2D eigenvalue weighted by Gasteiger charge is -2.37.